The number of urea groups is 1. The van der Waals surface area contributed by atoms with E-state index in [0.29, 0.717) is 0 Å². The first-order chi connectivity index (χ1) is 5.57. The monoisotopic (exact) mass is 174 g/mol. The van der Waals surface area contributed by atoms with E-state index in [-0.39, 0.29) is 5.06 Å². The molecule has 0 saturated carbocycles. The number of imide groups is 2. The van der Waals surface area contributed by atoms with E-state index in [4.69, 9.17) is 5.26 Å². The minimum atomic E-state index is -1.54. The molecular weight excluding hydrogens is 172 g/mol. The number of barbiturate groups is 1. The molecule has 0 spiro atoms. The van der Waals surface area contributed by atoms with E-state index in [1.54, 1.807) is 0 Å². The second-order valence-corrected chi connectivity index (χ2v) is 1.77. The lowest BCUT2D eigenvalue weighted by molar-refractivity contribution is -0.355. The summed E-state index contributed by atoms with van der Waals surface area (Å²) in [5.41, 5.74) is 0. The van der Waals surface area contributed by atoms with E-state index in [9.17, 15) is 19.2 Å². The number of hydrogen-bond acceptors (Lipinski definition) is 6. The van der Waals surface area contributed by atoms with Crippen LogP contribution in [-0.4, -0.2) is 33.9 Å². The number of hydrogen-bond donors (Lipinski definition) is 2. The topological polar surface area (TPSA) is 113 Å². The first kappa shape index (κ1) is 8.30. The molecule has 1 heterocycles. The second kappa shape index (κ2) is 2.68. The van der Waals surface area contributed by atoms with E-state index >= 15 is 0 Å². The zero-order chi connectivity index (χ0) is 9.30. The maximum absolute atomic E-state index is 10.6. The first-order valence-corrected chi connectivity index (χ1v) is 2.63. The molecule has 0 bridgehead atoms. The van der Waals surface area contributed by atoms with Crippen molar-refractivity contribution in [2.24, 2.45) is 0 Å². The fraction of sp³-hybridized carbons (Fsp3) is 0. The molecule has 0 radical (unpaired) electrons. The second-order valence-electron chi connectivity index (χ2n) is 1.77. The molecule has 0 aromatic heterocycles. The number of nitrogens with one attached hydrogen (secondary N) is 1. The first-order valence-electron chi connectivity index (χ1n) is 2.63. The standard InChI is InChI=1S/C4H2N2O6/c7-1-2(8)5-4(10)6(12-11)3(1)9/h11H,(H,5,8,10). The van der Waals surface area contributed by atoms with Gasteiger partial charge in [0, 0.05) is 0 Å². The van der Waals surface area contributed by atoms with Crippen LogP contribution in [0.4, 0.5) is 4.79 Å². The predicted molar refractivity (Wildman–Crippen MR) is 29.1 cm³/mol. The van der Waals surface area contributed by atoms with Crippen molar-refractivity contribution in [2.75, 3.05) is 0 Å². The average molecular weight is 174 g/mol. The highest BCUT2D eigenvalue weighted by Gasteiger charge is 2.40. The van der Waals surface area contributed by atoms with Gasteiger partial charge in [0.05, 0.1) is 0 Å². The Kier molecular flexibility index (Phi) is 1.85. The van der Waals surface area contributed by atoms with Crippen molar-refractivity contribution < 1.29 is 29.4 Å². The number of nitrogens with zero attached hydrogens (tertiary/aromatic N) is 1. The summed E-state index contributed by atoms with van der Waals surface area (Å²) in [7, 11) is 0. The Balaban J connectivity index is 2.94. The lowest BCUT2D eigenvalue weighted by Gasteiger charge is -2.17. The number of Topliss-reactive ketones (excluding diaryl/α,β-unsaturated/α-hetero) is 1. The Labute approximate surface area is 64.6 Å². The molecule has 1 aliphatic heterocycles. The van der Waals surface area contributed by atoms with Crippen molar-refractivity contribution in [1.29, 1.82) is 0 Å². The van der Waals surface area contributed by atoms with Gasteiger partial charge in [-0.05, 0) is 0 Å². The molecule has 0 aromatic rings. The molecule has 4 amide bonds. The summed E-state index contributed by atoms with van der Waals surface area (Å²) in [6.45, 7) is 0. The van der Waals surface area contributed by atoms with Crippen LogP contribution in [0.25, 0.3) is 0 Å². The Bertz CT molecular complexity index is 283. The molecular formula is C4H2N2O6. The van der Waals surface area contributed by atoms with Crippen LogP contribution in [0.15, 0.2) is 0 Å². The number of carbonyl (C=O) groups excluding carboxylic acids is 4. The highest BCUT2D eigenvalue weighted by molar-refractivity contribution is 6.66. The minimum Gasteiger partial charge on any atom is -0.277 e. The summed E-state index contributed by atoms with van der Waals surface area (Å²) in [6, 6.07) is -1.31. The number of carbonyl (C=O) groups is 4. The molecule has 64 valence electrons. The largest absolute Gasteiger partial charge is 0.358 e. The number of ketones is 1. The van der Waals surface area contributed by atoms with Crippen LogP contribution < -0.4 is 5.32 Å². The zero-order valence-corrected chi connectivity index (χ0v) is 5.44. The SMILES string of the molecule is O=C1NC(=O)N(OO)C(=O)C1=O. The maximum atomic E-state index is 10.6. The molecule has 8 heteroatoms. The molecule has 2 N–H and O–H groups in total. The van der Waals surface area contributed by atoms with Gasteiger partial charge in [0.1, 0.15) is 0 Å². The fourth-order valence-electron chi connectivity index (χ4n) is 0.560. The Morgan fingerprint density at radius 3 is 2.33 bits per heavy atom. The zero-order valence-electron chi connectivity index (χ0n) is 5.44. The lowest BCUT2D eigenvalue weighted by atomic mass is 10.3. The third-order valence-electron chi connectivity index (χ3n) is 1.07. The van der Waals surface area contributed by atoms with Crippen molar-refractivity contribution in [3.8, 4) is 0 Å². The van der Waals surface area contributed by atoms with Crippen LogP contribution in [-0.2, 0) is 19.4 Å². The Morgan fingerprint density at radius 1 is 1.25 bits per heavy atom. The van der Waals surface area contributed by atoms with Crippen LogP contribution >= 0.6 is 0 Å². The van der Waals surface area contributed by atoms with Gasteiger partial charge in [0.25, 0.3) is 0 Å². The molecule has 0 aliphatic carbocycles. The summed E-state index contributed by atoms with van der Waals surface area (Å²) >= 11 is 0. The number of rotatable bonds is 1. The van der Waals surface area contributed by atoms with Gasteiger partial charge in [-0.25, -0.2) is 10.1 Å². The van der Waals surface area contributed by atoms with Crippen LogP contribution in [0.3, 0.4) is 0 Å². The van der Waals surface area contributed by atoms with Crippen molar-refractivity contribution in [3.05, 3.63) is 0 Å². The molecule has 0 aromatic carbocycles. The number of hydroxylamine groups is 2. The van der Waals surface area contributed by atoms with Gasteiger partial charge in [-0.3, -0.25) is 19.7 Å². The van der Waals surface area contributed by atoms with Crippen molar-refractivity contribution in [2.45, 2.75) is 0 Å². The van der Waals surface area contributed by atoms with E-state index in [0.717, 1.165) is 0 Å². The summed E-state index contributed by atoms with van der Waals surface area (Å²) in [5.74, 6) is -4.37. The molecule has 1 rings (SSSR count). The van der Waals surface area contributed by atoms with Gasteiger partial charge in [-0.15, -0.1) is 4.99 Å². The number of amides is 4. The van der Waals surface area contributed by atoms with Crippen LogP contribution in [0.2, 0.25) is 0 Å². The third-order valence-corrected chi connectivity index (χ3v) is 1.07. The van der Waals surface area contributed by atoms with Crippen LogP contribution in [0, 0.1) is 0 Å². The maximum Gasteiger partial charge on any atom is 0.358 e. The highest BCUT2D eigenvalue weighted by atomic mass is 17.2. The van der Waals surface area contributed by atoms with Gasteiger partial charge in [0.15, 0.2) is 0 Å². The molecule has 1 fully saturated rings. The summed E-state index contributed by atoms with van der Waals surface area (Å²) in [5, 5.41) is 9.10. The van der Waals surface area contributed by atoms with Gasteiger partial charge >= 0.3 is 23.6 Å². The van der Waals surface area contributed by atoms with E-state index < -0.39 is 23.6 Å². The normalized spacial score (nSPS) is 18.2. The van der Waals surface area contributed by atoms with E-state index in [1.165, 1.54) is 5.32 Å². The van der Waals surface area contributed by atoms with Crippen molar-refractivity contribution in [1.82, 2.24) is 10.4 Å². The van der Waals surface area contributed by atoms with Gasteiger partial charge < -0.3 is 0 Å². The highest BCUT2D eigenvalue weighted by Crippen LogP contribution is 1.98. The van der Waals surface area contributed by atoms with Gasteiger partial charge in [-0.2, -0.15) is 0 Å². The van der Waals surface area contributed by atoms with Crippen molar-refractivity contribution in [3.63, 3.8) is 0 Å². The summed E-state index contributed by atoms with van der Waals surface area (Å²) in [4.78, 5) is 45.3. The van der Waals surface area contributed by atoms with Crippen LogP contribution in [0.1, 0.15) is 0 Å². The van der Waals surface area contributed by atoms with E-state index in [2.05, 4.69) is 4.99 Å². The smallest absolute Gasteiger partial charge is 0.277 e. The van der Waals surface area contributed by atoms with Gasteiger partial charge in [0.2, 0.25) is 0 Å². The molecule has 8 nitrogen and oxygen atoms in total. The fourth-order valence-corrected chi connectivity index (χ4v) is 0.560. The van der Waals surface area contributed by atoms with Crippen LogP contribution in [0.5, 0.6) is 0 Å². The molecule has 1 saturated heterocycles. The summed E-state index contributed by atoms with van der Waals surface area (Å²) in [6.07, 6.45) is 0. The molecule has 0 unspecified atom stereocenters. The molecule has 0 atom stereocenters. The lowest BCUT2D eigenvalue weighted by Crippen LogP contribution is -2.57. The average Bonchev–Trinajstić information content (AvgIpc) is 2.01. The van der Waals surface area contributed by atoms with E-state index in [1.807, 2.05) is 0 Å². The minimum absolute atomic E-state index is 0.274. The third kappa shape index (κ3) is 1.04. The predicted octanol–water partition coefficient (Wildman–Crippen LogP) is -1.96. The molecule has 12 heavy (non-hydrogen) atoms. The van der Waals surface area contributed by atoms with Gasteiger partial charge in [-0.1, -0.05) is 5.06 Å². The Morgan fingerprint density at radius 2 is 1.83 bits per heavy atom. The Hall–Kier alpha value is -1.80. The molecule has 1 aliphatic rings. The summed E-state index contributed by atoms with van der Waals surface area (Å²) < 4.78 is 0. The quantitative estimate of drug-likeness (QED) is 0.271. The van der Waals surface area contributed by atoms with Crippen molar-refractivity contribution >= 4 is 23.6 Å².